The van der Waals surface area contributed by atoms with Crippen LogP contribution in [0.5, 0.6) is 11.5 Å². The van der Waals surface area contributed by atoms with Gasteiger partial charge in [0.25, 0.3) is 5.91 Å². The van der Waals surface area contributed by atoms with E-state index in [1.165, 1.54) is 10.5 Å². The number of amides is 2. The molecule has 2 amide bonds. The molecule has 1 heterocycles. The molecule has 0 saturated carbocycles. The number of aryl methyl sites for hydroxylation is 2. The van der Waals surface area contributed by atoms with Gasteiger partial charge < -0.3 is 24.5 Å². The summed E-state index contributed by atoms with van der Waals surface area (Å²) in [6.45, 7) is 0.0223. The number of benzene rings is 2. The van der Waals surface area contributed by atoms with E-state index in [4.69, 9.17) is 19.6 Å². The smallest absolute Gasteiger partial charge is 0.264 e. The molecule has 31 heavy (non-hydrogen) atoms. The van der Waals surface area contributed by atoms with Crippen molar-refractivity contribution in [2.45, 2.75) is 32.1 Å². The number of ether oxygens (including phenoxy) is 2. The first-order chi connectivity index (χ1) is 15.0. The number of methoxy groups -OCH3 is 1. The zero-order valence-corrected chi connectivity index (χ0v) is 17.6. The summed E-state index contributed by atoms with van der Waals surface area (Å²) in [7, 11) is 1.58. The zero-order valence-electron chi connectivity index (χ0n) is 17.6. The molecule has 0 radical (unpaired) electrons. The van der Waals surface area contributed by atoms with Crippen molar-refractivity contribution in [1.29, 1.82) is 0 Å². The SMILES string of the molecule is COc1ccc(N(CCC(N)=O)C(=O)COc2ccc3oc4c(c3c2)CCCC4)cc1. The van der Waals surface area contributed by atoms with Gasteiger partial charge >= 0.3 is 0 Å². The number of carbonyl (C=O) groups is 2. The van der Waals surface area contributed by atoms with Crippen molar-refractivity contribution in [3.05, 3.63) is 53.8 Å². The molecule has 2 N–H and O–H groups in total. The Morgan fingerprint density at radius 3 is 2.55 bits per heavy atom. The maximum absolute atomic E-state index is 12.9. The Morgan fingerprint density at radius 2 is 1.81 bits per heavy atom. The Bertz CT molecular complexity index is 1090. The van der Waals surface area contributed by atoms with E-state index in [0.29, 0.717) is 17.2 Å². The van der Waals surface area contributed by atoms with Crippen LogP contribution in [0.15, 0.2) is 46.9 Å². The number of nitrogens with zero attached hydrogens (tertiary/aromatic N) is 1. The Labute approximate surface area is 180 Å². The van der Waals surface area contributed by atoms with Gasteiger partial charge in [0, 0.05) is 36.0 Å². The molecule has 0 bridgehead atoms. The van der Waals surface area contributed by atoms with E-state index in [0.717, 1.165) is 42.4 Å². The van der Waals surface area contributed by atoms with Crippen molar-refractivity contribution in [2.24, 2.45) is 5.73 Å². The van der Waals surface area contributed by atoms with Crippen LogP contribution >= 0.6 is 0 Å². The van der Waals surface area contributed by atoms with Crippen LogP contribution in [0.1, 0.15) is 30.6 Å². The summed E-state index contributed by atoms with van der Waals surface area (Å²) in [5.74, 6) is 1.62. The van der Waals surface area contributed by atoms with Crippen LogP contribution in [0.25, 0.3) is 11.0 Å². The van der Waals surface area contributed by atoms with Gasteiger partial charge in [0.15, 0.2) is 6.61 Å². The monoisotopic (exact) mass is 422 g/mol. The van der Waals surface area contributed by atoms with Gasteiger partial charge in [-0.05, 0) is 61.7 Å². The maximum atomic E-state index is 12.9. The second-order valence-corrected chi connectivity index (χ2v) is 7.62. The third-order valence-electron chi connectivity index (χ3n) is 5.56. The first-order valence-corrected chi connectivity index (χ1v) is 10.4. The molecule has 7 heteroatoms. The highest BCUT2D eigenvalue weighted by Crippen LogP contribution is 2.34. The first-order valence-electron chi connectivity index (χ1n) is 10.4. The number of hydrogen-bond acceptors (Lipinski definition) is 5. The predicted octanol–water partition coefficient (Wildman–Crippen LogP) is 3.61. The lowest BCUT2D eigenvalue weighted by atomic mass is 9.96. The molecule has 0 aliphatic heterocycles. The Balaban J connectivity index is 1.49. The van der Waals surface area contributed by atoms with Gasteiger partial charge in [-0.3, -0.25) is 9.59 Å². The Morgan fingerprint density at radius 1 is 1.06 bits per heavy atom. The van der Waals surface area contributed by atoms with Gasteiger partial charge in [-0.1, -0.05) is 0 Å². The van der Waals surface area contributed by atoms with Crippen LogP contribution in [0.4, 0.5) is 5.69 Å². The van der Waals surface area contributed by atoms with E-state index in [1.807, 2.05) is 18.2 Å². The van der Waals surface area contributed by atoms with Gasteiger partial charge in [-0.25, -0.2) is 0 Å². The molecular weight excluding hydrogens is 396 g/mol. The van der Waals surface area contributed by atoms with Gasteiger partial charge in [0.1, 0.15) is 22.8 Å². The van der Waals surface area contributed by atoms with Crippen molar-refractivity contribution >= 4 is 28.5 Å². The topological polar surface area (TPSA) is 95.0 Å². The van der Waals surface area contributed by atoms with Gasteiger partial charge in [-0.2, -0.15) is 0 Å². The highest BCUT2D eigenvalue weighted by molar-refractivity contribution is 5.95. The number of rotatable bonds is 8. The standard InChI is InChI=1S/C24H26N2O5/c1-29-17-8-6-16(7-9-17)26(13-12-23(25)27)24(28)15-30-18-10-11-22-20(14-18)19-4-2-3-5-21(19)31-22/h6-11,14H,2-5,12-13,15H2,1H3,(H2,25,27). The minimum atomic E-state index is -0.470. The summed E-state index contributed by atoms with van der Waals surface area (Å²) in [5.41, 5.74) is 8.04. The van der Waals surface area contributed by atoms with Gasteiger partial charge in [-0.15, -0.1) is 0 Å². The molecule has 0 spiro atoms. The molecule has 1 aliphatic rings. The fraction of sp³-hybridized carbons (Fsp3) is 0.333. The second-order valence-electron chi connectivity index (χ2n) is 7.62. The van der Waals surface area contributed by atoms with Crippen LogP contribution in [0.2, 0.25) is 0 Å². The average Bonchev–Trinajstić information content (AvgIpc) is 3.16. The van der Waals surface area contributed by atoms with Crippen molar-refractivity contribution in [2.75, 3.05) is 25.2 Å². The fourth-order valence-electron chi connectivity index (χ4n) is 3.94. The van der Waals surface area contributed by atoms with Crippen LogP contribution in [-0.2, 0) is 22.4 Å². The molecular formula is C24H26N2O5. The molecule has 0 unspecified atom stereocenters. The summed E-state index contributed by atoms with van der Waals surface area (Å²) < 4.78 is 16.9. The van der Waals surface area contributed by atoms with Crippen LogP contribution < -0.4 is 20.1 Å². The number of fused-ring (bicyclic) bond motifs is 3. The summed E-state index contributed by atoms with van der Waals surface area (Å²) in [4.78, 5) is 25.7. The minimum absolute atomic E-state index is 0.0604. The average molecular weight is 422 g/mol. The quantitative estimate of drug-likeness (QED) is 0.598. The van der Waals surface area contributed by atoms with E-state index in [9.17, 15) is 9.59 Å². The third-order valence-corrected chi connectivity index (χ3v) is 5.56. The highest BCUT2D eigenvalue weighted by atomic mass is 16.5. The van der Waals surface area contributed by atoms with E-state index in [2.05, 4.69) is 0 Å². The summed E-state index contributed by atoms with van der Waals surface area (Å²) in [5, 5.41) is 1.06. The molecule has 0 fully saturated rings. The predicted molar refractivity (Wildman–Crippen MR) is 118 cm³/mol. The third kappa shape index (κ3) is 4.66. The largest absolute Gasteiger partial charge is 0.497 e. The number of hydrogen-bond donors (Lipinski definition) is 1. The highest BCUT2D eigenvalue weighted by Gasteiger charge is 2.20. The van der Waals surface area contributed by atoms with E-state index in [1.54, 1.807) is 31.4 Å². The number of furan rings is 1. The number of primary amides is 1. The number of carbonyl (C=O) groups excluding carboxylic acids is 2. The molecule has 4 rings (SSSR count). The number of nitrogens with two attached hydrogens (primary N) is 1. The second kappa shape index (κ2) is 9.12. The van der Waals surface area contributed by atoms with E-state index < -0.39 is 5.91 Å². The lowest BCUT2D eigenvalue weighted by molar-refractivity contribution is -0.120. The normalized spacial score (nSPS) is 12.9. The van der Waals surface area contributed by atoms with E-state index >= 15 is 0 Å². The molecule has 7 nitrogen and oxygen atoms in total. The van der Waals surface area contributed by atoms with Crippen LogP contribution in [-0.4, -0.2) is 32.1 Å². The van der Waals surface area contributed by atoms with Gasteiger partial charge in [0.05, 0.1) is 7.11 Å². The summed E-state index contributed by atoms with van der Waals surface area (Å²) in [6.07, 6.45) is 4.34. The van der Waals surface area contributed by atoms with Crippen molar-refractivity contribution in [3.63, 3.8) is 0 Å². The molecule has 1 aromatic heterocycles. The Kier molecular flexibility index (Phi) is 6.11. The Hall–Kier alpha value is -3.48. The van der Waals surface area contributed by atoms with Crippen molar-refractivity contribution in [3.8, 4) is 11.5 Å². The van der Waals surface area contributed by atoms with Gasteiger partial charge in [0.2, 0.25) is 5.91 Å². The minimum Gasteiger partial charge on any atom is -0.497 e. The van der Waals surface area contributed by atoms with Crippen LogP contribution in [0.3, 0.4) is 0 Å². The molecule has 3 aromatic rings. The maximum Gasteiger partial charge on any atom is 0.264 e. The zero-order chi connectivity index (χ0) is 21.8. The lowest BCUT2D eigenvalue weighted by Crippen LogP contribution is -2.37. The summed E-state index contributed by atoms with van der Waals surface area (Å²) in [6, 6.07) is 12.7. The van der Waals surface area contributed by atoms with Crippen molar-refractivity contribution < 1.29 is 23.5 Å². The lowest BCUT2D eigenvalue weighted by Gasteiger charge is -2.22. The molecule has 162 valence electrons. The molecule has 2 aromatic carbocycles. The van der Waals surface area contributed by atoms with Crippen LogP contribution in [0, 0.1) is 0 Å². The van der Waals surface area contributed by atoms with E-state index in [-0.39, 0.29) is 25.5 Å². The van der Waals surface area contributed by atoms with Crippen molar-refractivity contribution in [1.82, 2.24) is 0 Å². The number of anilines is 1. The summed E-state index contributed by atoms with van der Waals surface area (Å²) >= 11 is 0. The first kappa shape index (κ1) is 20.8. The molecule has 0 atom stereocenters. The fourth-order valence-corrected chi connectivity index (χ4v) is 3.94. The molecule has 1 aliphatic carbocycles. The molecule has 0 saturated heterocycles.